The Morgan fingerprint density at radius 1 is 1.45 bits per heavy atom. The van der Waals surface area contributed by atoms with Gasteiger partial charge in [-0.2, -0.15) is 0 Å². The van der Waals surface area contributed by atoms with E-state index >= 15 is 0 Å². The summed E-state index contributed by atoms with van der Waals surface area (Å²) in [7, 11) is 3.88. The summed E-state index contributed by atoms with van der Waals surface area (Å²) >= 11 is 5.09. The molecule has 2 heterocycles. The van der Waals surface area contributed by atoms with Gasteiger partial charge in [-0.3, -0.25) is 9.69 Å². The van der Waals surface area contributed by atoms with Crippen molar-refractivity contribution in [3.8, 4) is 0 Å². The van der Waals surface area contributed by atoms with Gasteiger partial charge in [0.2, 0.25) is 0 Å². The molecular weight excluding hydrogens is 274 g/mol. The van der Waals surface area contributed by atoms with Crippen LogP contribution in [0, 0.1) is 4.64 Å². The second kappa shape index (κ2) is 6.49. The van der Waals surface area contributed by atoms with Gasteiger partial charge in [0.1, 0.15) is 10.4 Å². The third-order valence-electron chi connectivity index (χ3n) is 3.01. The normalized spacial score (nSPS) is 12.3. The number of aromatic amines is 1. The van der Waals surface area contributed by atoms with Crippen LogP contribution >= 0.6 is 12.2 Å². The van der Waals surface area contributed by atoms with Crippen molar-refractivity contribution in [1.29, 1.82) is 0 Å². The number of H-pyrrole nitrogens is 1. The molecule has 106 valence electrons. The number of rotatable bonds is 5. The minimum Gasteiger partial charge on any atom is -0.468 e. The Bertz CT molecular complexity index is 619. The minimum atomic E-state index is -0.190. The topological polar surface area (TPSA) is 61.3 Å². The average molecular weight is 291 g/mol. The number of pyridine rings is 1. The molecule has 0 aliphatic heterocycles. The number of nitrogens with zero attached hydrogens (tertiary/aromatic N) is 1. The van der Waals surface area contributed by atoms with Crippen molar-refractivity contribution in [3.63, 3.8) is 0 Å². The summed E-state index contributed by atoms with van der Waals surface area (Å²) in [4.78, 5) is 16.9. The summed E-state index contributed by atoms with van der Waals surface area (Å²) in [6.45, 7) is 0.447. The van der Waals surface area contributed by atoms with Crippen LogP contribution in [0.1, 0.15) is 22.2 Å². The van der Waals surface area contributed by atoms with Gasteiger partial charge >= 0.3 is 0 Å². The fourth-order valence-corrected chi connectivity index (χ4v) is 2.13. The molecule has 1 unspecified atom stereocenters. The van der Waals surface area contributed by atoms with Gasteiger partial charge in [0, 0.05) is 12.7 Å². The van der Waals surface area contributed by atoms with E-state index in [2.05, 4.69) is 10.3 Å². The first-order valence-electron chi connectivity index (χ1n) is 6.25. The summed E-state index contributed by atoms with van der Waals surface area (Å²) in [6.07, 6.45) is 3.33. The molecule has 2 aromatic rings. The zero-order chi connectivity index (χ0) is 14.5. The lowest BCUT2D eigenvalue weighted by molar-refractivity contribution is 0.0938. The molecule has 0 spiro atoms. The van der Waals surface area contributed by atoms with Crippen molar-refractivity contribution in [2.45, 2.75) is 6.04 Å². The Hall–Kier alpha value is -1.92. The maximum atomic E-state index is 12.1. The summed E-state index contributed by atoms with van der Waals surface area (Å²) in [5.41, 5.74) is 0.472. The molecule has 2 rings (SSSR count). The molecule has 0 aromatic carbocycles. The van der Waals surface area contributed by atoms with Gasteiger partial charge in [-0.05, 0) is 38.4 Å². The van der Waals surface area contributed by atoms with Gasteiger partial charge in [0.15, 0.2) is 0 Å². The molecule has 0 radical (unpaired) electrons. The van der Waals surface area contributed by atoms with Crippen LogP contribution in [-0.4, -0.2) is 36.4 Å². The predicted molar refractivity (Wildman–Crippen MR) is 79.1 cm³/mol. The standard InChI is InChI=1S/C14H17N3O2S/c1-17(2)11(12-6-4-8-19-12)9-16-13(18)10-5-3-7-15-14(10)20/h3-8,11H,9H2,1-2H3,(H,15,20)(H,16,18). The third-order valence-corrected chi connectivity index (χ3v) is 3.35. The van der Waals surface area contributed by atoms with E-state index in [4.69, 9.17) is 16.6 Å². The number of carbonyl (C=O) groups excluding carboxylic acids is 1. The Morgan fingerprint density at radius 2 is 2.25 bits per heavy atom. The second-order valence-electron chi connectivity index (χ2n) is 4.62. The number of hydrogen-bond acceptors (Lipinski definition) is 4. The first-order valence-corrected chi connectivity index (χ1v) is 6.66. The van der Waals surface area contributed by atoms with Gasteiger partial charge in [-0.1, -0.05) is 12.2 Å². The average Bonchev–Trinajstić information content (AvgIpc) is 2.92. The quantitative estimate of drug-likeness (QED) is 0.830. The van der Waals surface area contributed by atoms with E-state index < -0.39 is 0 Å². The van der Waals surface area contributed by atoms with E-state index in [1.165, 1.54) is 0 Å². The summed E-state index contributed by atoms with van der Waals surface area (Å²) in [6, 6.07) is 7.16. The third kappa shape index (κ3) is 3.34. The second-order valence-corrected chi connectivity index (χ2v) is 5.03. The van der Waals surface area contributed by atoms with Crippen LogP contribution in [0.15, 0.2) is 41.1 Å². The molecule has 2 N–H and O–H groups in total. The Balaban J connectivity index is 2.05. The molecule has 6 heteroatoms. The molecule has 0 bridgehead atoms. The molecule has 0 aliphatic rings. The van der Waals surface area contributed by atoms with E-state index in [0.717, 1.165) is 5.76 Å². The SMILES string of the molecule is CN(C)C(CNC(=O)c1ccc[nH]c1=S)c1ccco1. The van der Waals surface area contributed by atoms with Gasteiger partial charge in [0.05, 0.1) is 17.9 Å². The zero-order valence-electron chi connectivity index (χ0n) is 11.4. The molecule has 1 amide bonds. The van der Waals surface area contributed by atoms with E-state index in [0.29, 0.717) is 16.7 Å². The maximum absolute atomic E-state index is 12.1. The number of aromatic nitrogens is 1. The molecule has 0 saturated carbocycles. The molecule has 20 heavy (non-hydrogen) atoms. The van der Waals surface area contributed by atoms with Crippen molar-refractivity contribution in [2.24, 2.45) is 0 Å². The number of nitrogens with one attached hydrogen (secondary N) is 2. The van der Waals surface area contributed by atoms with E-state index in [-0.39, 0.29) is 11.9 Å². The van der Waals surface area contributed by atoms with Crippen molar-refractivity contribution >= 4 is 18.1 Å². The molecule has 0 aliphatic carbocycles. The fraction of sp³-hybridized carbons (Fsp3) is 0.286. The monoisotopic (exact) mass is 291 g/mol. The molecule has 0 saturated heterocycles. The highest BCUT2D eigenvalue weighted by atomic mass is 32.1. The van der Waals surface area contributed by atoms with Gasteiger partial charge in [-0.15, -0.1) is 0 Å². The number of furan rings is 1. The Kier molecular flexibility index (Phi) is 4.70. The van der Waals surface area contributed by atoms with Crippen molar-refractivity contribution in [3.05, 3.63) is 52.7 Å². The predicted octanol–water partition coefficient (Wildman–Crippen LogP) is 2.37. The highest BCUT2D eigenvalue weighted by molar-refractivity contribution is 7.71. The summed E-state index contributed by atoms with van der Waals surface area (Å²) < 4.78 is 5.83. The highest BCUT2D eigenvalue weighted by Gasteiger charge is 2.18. The number of likely N-dealkylation sites (N-methyl/N-ethyl adjacent to an activating group) is 1. The lowest BCUT2D eigenvalue weighted by Crippen LogP contribution is -2.34. The van der Waals surface area contributed by atoms with Crippen LogP contribution in [0.2, 0.25) is 0 Å². The Labute approximate surface area is 122 Å². The summed E-state index contributed by atoms with van der Waals surface area (Å²) in [5, 5.41) is 2.88. The minimum absolute atomic E-state index is 0.0183. The maximum Gasteiger partial charge on any atom is 0.254 e. The largest absolute Gasteiger partial charge is 0.468 e. The van der Waals surface area contributed by atoms with Crippen LogP contribution in [0.4, 0.5) is 0 Å². The first kappa shape index (κ1) is 14.5. The van der Waals surface area contributed by atoms with Crippen molar-refractivity contribution in [2.75, 3.05) is 20.6 Å². The molecule has 1 atom stereocenters. The molecule has 2 aromatic heterocycles. The first-order chi connectivity index (χ1) is 9.59. The number of amides is 1. The van der Waals surface area contributed by atoms with E-state index in [9.17, 15) is 4.79 Å². The van der Waals surface area contributed by atoms with E-state index in [1.54, 1.807) is 24.6 Å². The van der Waals surface area contributed by atoms with Crippen LogP contribution in [-0.2, 0) is 0 Å². The molecular formula is C14H17N3O2S. The van der Waals surface area contributed by atoms with Crippen LogP contribution in [0.3, 0.4) is 0 Å². The van der Waals surface area contributed by atoms with Gasteiger partial charge < -0.3 is 14.7 Å². The van der Waals surface area contributed by atoms with E-state index in [1.807, 2.05) is 31.1 Å². The summed E-state index contributed by atoms with van der Waals surface area (Å²) in [5.74, 6) is 0.624. The molecule has 5 nitrogen and oxygen atoms in total. The number of hydrogen-bond donors (Lipinski definition) is 2. The van der Waals surface area contributed by atoms with Gasteiger partial charge in [0.25, 0.3) is 5.91 Å². The molecule has 0 fully saturated rings. The van der Waals surface area contributed by atoms with Crippen molar-refractivity contribution in [1.82, 2.24) is 15.2 Å². The van der Waals surface area contributed by atoms with Crippen LogP contribution < -0.4 is 5.32 Å². The van der Waals surface area contributed by atoms with Gasteiger partial charge in [-0.25, -0.2) is 0 Å². The number of carbonyl (C=O) groups is 1. The van der Waals surface area contributed by atoms with Crippen molar-refractivity contribution < 1.29 is 9.21 Å². The zero-order valence-corrected chi connectivity index (χ0v) is 12.2. The lowest BCUT2D eigenvalue weighted by Gasteiger charge is -2.22. The highest BCUT2D eigenvalue weighted by Crippen LogP contribution is 2.17. The van der Waals surface area contributed by atoms with Crippen LogP contribution in [0.25, 0.3) is 0 Å². The Morgan fingerprint density at radius 3 is 2.85 bits per heavy atom. The fourth-order valence-electron chi connectivity index (χ4n) is 1.90. The smallest absolute Gasteiger partial charge is 0.254 e. The lowest BCUT2D eigenvalue weighted by atomic mass is 10.2. The van der Waals surface area contributed by atoms with Crippen LogP contribution in [0.5, 0.6) is 0 Å².